The van der Waals surface area contributed by atoms with Gasteiger partial charge in [0.2, 0.25) is 5.91 Å². The second-order valence-corrected chi connectivity index (χ2v) is 9.73. The third kappa shape index (κ3) is 4.35. The number of carbonyl (C=O) groups is 1. The van der Waals surface area contributed by atoms with Gasteiger partial charge < -0.3 is 20.3 Å². The van der Waals surface area contributed by atoms with Gasteiger partial charge in [0.15, 0.2) is 5.13 Å². The van der Waals surface area contributed by atoms with E-state index in [1.54, 1.807) is 12.3 Å². The highest BCUT2D eigenvalue weighted by atomic mass is 32.1. The van der Waals surface area contributed by atoms with Crippen molar-refractivity contribution < 1.29 is 13.9 Å². The first kappa shape index (κ1) is 21.3. The van der Waals surface area contributed by atoms with E-state index in [0.717, 1.165) is 47.9 Å². The highest BCUT2D eigenvalue weighted by molar-refractivity contribution is 7.18. The molecule has 2 N–H and O–H groups in total. The van der Waals surface area contributed by atoms with E-state index in [9.17, 15) is 14.4 Å². The van der Waals surface area contributed by atoms with E-state index in [4.69, 9.17) is 4.74 Å². The van der Waals surface area contributed by atoms with Crippen LogP contribution in [0.25, 0.3) is 10.4 Å². The molecule has 7 nitrogen and oxygen atoms in total. The fourth-order valence-corrected chi connectivity index (χ4v) is 5.89. The molecule has 168 valence electrons. The predicted molar refractivity (Wildman–Crippen MR) is 120 cm³/mol. The molecule has 1 aliphatic carbocycles. The quantitative estimate of drug-likeness (QED) is 0.696. The Labute approximate surface area is 190 Å². The minimum Gasteiger partial charge on any atom is -0.378 e. The average Bonchev–Trinajstić information content (AvgIpc) is 3.57. The van der Waals surface area contributed by atoms with E-state index in [2.05, 4.69) is 26.6 Å². The van der Waals surface area contributed by atoms with Crippen LogP contribution in [0, 0.1) is 23.1 Å². The lowest BCUT2D eigenvalue weighted by Crippen LogP contribution is -2.50. The van der Waals surface area contributed by atoms with Crippen LogP contribution in [-0.2, 0) is 16.0 Å². The molecule has 32 heavy (non-hydrogen) atoms. The van der Waals surface area contributed by atoms with Crippen LogP contribution in [-0.4, -0.2) is 55.3 Å². The monoisotopic (exact) mass is 455 g/mol. The molecule has 0 unspecified atom stereocenters. The summed E-state index contributed by atoms with van der Waals surface area (Å²) >= 11 is 1.53. The van der Waals surface area contributed by atoms with Gasteiger partial charge >= 0.3 is 0 Å². The summed E-state index contributed by atoms with van der Waals surface area (Å²) in [5.74, 6) is -0.186. The zero-order valence-electron chi connectivity index (χ0n) is 17.7. The zero-order valence-corrected chi connectivity index (χ0v) is 18.5. The van der Waals surface area contributed by atoms with Crippen molar-refractivity contribution in [2.45, 2.75) is 43.8 Å². The van der Waals surface area contributed by atoms with E-state index in [1.807, 2.05) is 6.07 Å². The highest BCUT2D eigenvalue weighted by Crippen LogP contribution is 2.35. The molecule has 1 saturated carbocycles. The number of carbonyl (C=O) groups excluding carboxylic acids is 1. The lowest BCUT2D eigenvalue weighted by Gasteiger charge is -2.25. The number of nitrogens with zero attached hydrogens (tertiary/aromatic N) is 3. The van der Waals surface area contributed by atoms with Crippen LogP contribution in [0.2, 0.25) is 0 Å². The van der Waals surface area contributed by atoms with Gasteiger partial charge in [-0.3, -0.25) is 4.79 Å². The number of fused-ring (bicyclic) bond motifs is 2. The van der Waals surface area contributed by atoms with Crippen LogP contribution in [0.4, 0.5) is 9.52 Å². The van der Waals surface area contributed by atoms with E-state index in [-0.39, 0.29) is 24.2 Å². The number of hydrogen-bond acceptors (Lipinski definition) is 7. The number of rotatable bonds is 6. The molecule has 0 radical (unpaired) electrons. The maximum Gasteiger partial charge on any atom is 0.238 e. The molecular weight excluding hydrogens is 429 g/mol. The first-order chi connectivity index (χ1) is 15.6. The molecule has 2 aromatic rings. The molecule has 2 aliphatic heterocycles. The molecule has 2 bridgehead atoms. The molecule has 5 rings (SSSR count). The van der Waals surface area contributed by atoms with Crippen molar-refractivity contribution in [3.05, 3.63) is 35.8 Å². The molecule has 3 heterocycles. The Hall–Kier alpha value is -2.54. The number of hydrogen-bond donors (Lipinski definition) is 2. The second-order valence-electron chi connectivity index (χ2n) is 8.72. The Bertz CT molecular complexity index is 1030. The number of nitriles is 1. The minimum absolute atomic E-state index is 0.136. The van der Waals surface area contributed by atoms with Gasteiger partial charge in [-0.05, 0) is 42.4 Å². The fourth-order valence-electron chi connectivity index (χ4n) is 4.93. The number of benzene rings is 1. The molecule has 4 atom stereocenters. The number of ether oxygens (including phenoxy) is 1. The molecule has 9 heteroatoms. The molecule has 0 spiro atoms. The number of anilines is 1. The number of nitrogens with one attached hydrogen (secondary N) is 2. The lowest BCUT2D eigenvalue weighted by atomic mass is 9.98. The van der Waals surface area contributed by atoms with Crippen LogP contribution in [0.5, 0.6) is 0 Å². The molecule has 2 saturated heterocycles. The maximum atomic E-state index is 14.9. The first-order valence-electron chi connectivity index (χ1n) is 11.1. The van der Waals surface area contributed by atoms with Crippen LogP contribution in [0.1, 0.15) is 24.8 Å². The number of thiazole rings is 1. The zero-order chi connectivity index (χ0) is 22.1. The number of piperidine rings is 1. The Morgan fingerprint density at radius 2 is 2.25 bits per heavy atom. The maximum absolute atomic E-state index is 14.9. The molecule has 1 aromatic heterocycles. The summed E-state index contributed by atoms with van der Waals surface area (Å²) in [7, 11) is 0. The Balaban J connectivity index is 1.23. The van der Waals surface area contributed by atoms with Gasteiger partial charge in [0.25, 0.3) is 0 Å². The topological polar surface area (TPSA) is 90.3 Å². The Morgan fingerprint density at radius 3 is 2.94 bits per heavy atom. The smallest absolute Gasteiger partial charge is 0.238 e. The van der Waals surface area contributed by atoms with Crippen molar-refractivity contribution in [2.75, 3.05) is 31.2 Å². The predicted octanol–water partition coefficient (Wildman–Crippen LogP) is 2.48. The highest BCUT2D eigenvalue weighted by Gasteiger charge is 2.43. The Kier molecular flexibility index (Phi) is 6.09. The largest absolute Gasteiger partial charge is 0.378 e. The van der Waals surface area contributed by atoms with Gasteiger partial charge in [-0.1, -0.05) is 23.5 Å². The van der Waals surface area contributed by atoms with E-state index in [1.165, 1.54) is 17.4 Å². The number of halogens is 1. The van der Waals surface area contributed by atoms with Crippen LogP contribution in [0.3, 0.4) is 0 Å². The molecule has 3 aliphatic rings. The van der Waals surface area contributed by atoms with Crippen molar-refractivity contribution in [3.8, 4) is 16.5 Å². The van der Waals surface area contributed by atoms with Gasteiger partial charge in [-0.15, -0.1) is 0 Å². The van der Waals surface area contributed by atoms with E-state index in [0.29, 0.717) is 30.7 Å². The summed E-state index contributed by atoms with van der Waals surface area (Å²) in [6.07, 6.45) is 5.09. The fraction of sp³-hybridized carbons (Fsp3) is 0.522. The van der Waals surface area contributed by atoms with Crippen molar-refractivity contribution in [3.63, 3.8) is 0 Å². The summed E-state index contributed by atoms with van der Waals surface area (Å²) in [5.41, 5.74) is 1.17. The summed E-state index contributed by atoms with van der Waals surface area (Å²) in [4.78, 5) is 20.2. The summed E-state index contributed by atoms with van der Waals surface area (Å²) in [6.45, 7) is 2.98. The third-order valence-corrected chi connectivity index (χ3v) is 7.76. The van der Waals surface area contributed by atoms with Crippen LogP contribution >= 0.6 is 11.3 Å². The Morgan fingerprint density at radius 1 is 1.41 bits per heavy atom. The van der Waals surface area contributed by atoms with Crippen molar-refractivity contribution in [1.29, 1.82) is 5.26 Å². The average molecular weight is 456 g/mol. The van der Waals surface area contributed by atoms with Gasteiger partial charge in [-0.2, -0.15) is 5.26 Å². The SMILES string of the molecule is N#C[C@H](Cc1ccc(-c2cnc(N3CCOCC3)s2)cc1F)NC(=O)[C@H]1N[C@@H]2CC[C@H]1C2. The summed E-state index contributed by atoms with van der Waals surface area (Å²) in [5, 5.41) is 16.6. The van der Waals surface area contributed by atoms with Crippen LogP contribution < -0.4 is 15.5 Å². The standard InChI is InChI=1S/C23H26FN5O2S/c24-19-11-15(20-13-26-23(32-20)29-5-7-31-8-6-29)2-1-14(19)9-18(12-25)28-22(30)21-16-3-4-17(10-16)27-21/h1-2,11,13,16-18,21,27H,3-10H2,(H,28,30)/t16-,17+,18-,21-/m0/s1. The molecule has 1 amide bonds. The van der Waals surface area contributed by atoms with Gasteiger partial charge in [0.05, 0.1) is 30.2 Å². The third-order valence-electron chi connectivity index (χ3n) is 6.65. The van der Waals surface area contributed by atoms with E-state index >= 15 is 0 Å². The summed E-state index contributed by atoms with van der Waals surface area (Å²) < 4.78 is 20.3. The molecule has 3 fully saturated rings. The number of amides is 1. The number of morpholine rings is 1. The normalized spacial score (nSPS) is 25.5. The molecule has 1 aromatic carbocycles. The van der Waals surface area contributed by atoms with Crippen molar-refractivity contribution in [1.82, 2.24) is 15.6 Å². The van der Waals surface area contributed by atoms with Crippen LogP contribution in [0.15, 0.2) is 24.4 Å². The lowest BCUT2D eigenvalue weighted by molar-refractivity contribution is -0.124. The minimum atomic E-state index is -0.764. The summed E-state index contributed by atoms with van der Waals surface area (Å²) in [6, 6.07) is 6.56. The van der Waals surface area contributed by atoms with Crippen molar-refractivity contribution >= 4 is 22.4 Å². The van der Waals surface area contributed by atoms with Crippen molar-refractivity contribution in [2.24, 2.45) is 5.92 Å². The second kappa shape index (κ2) is 9.14. The van der Waals surface area contributed by atoms with E-state index < -0.39 is 6.04 Å². The first-order valence-corrected chi connectivity index (χ1v) is 12.0. The van der Waals surface area contributed by atoms with Gasteiger partial charge in [-0.25, -0.2) is 9.37 Å². The van der Waals surface area contributed by atoms with Gasteiger partial charge in [0, 0.05) is 31.7 Å². The number of aromatic nitrogens is 1. The van der Waals surface area contributed by atoms with Gasteiger partial charge in [0.1, 0.15) is 11.9 Å². The molecular formula is C23H26FN5O2S.